The summed E-state index contributed by atoms with van der Waals surface area (Å²) >= 11 is 0. The van der Waals surface area contributed by atoms with E-state index in [0.717, 1.165) is 16.7 Å². The van der Waals surface area contributed by atoms with Gasteiger partial charge in [-0.15, -0.1) is 0 Å². The predicted molar refractivity (Wildman–Crippen MR) is 69.3 cm³/mol. The average Bonchev–Trinajstić information content (AvgIpc) is 2.40. The first-order valence-corrected chi connectivity index (χ1v) is 5.84. The van der Waals surface area contributed by atoms with Gasteiger partial charge in [-0.3, -0.25) is 0 Å². The number of rotatable bonds is 2. The minimum atomic E-state index is -0.542. The quantitative estimate of drug-likeness (QED) is 0.453. The Balaban J connectivity index is 2.53. The Morgan fingerprint density at radius 2 is 2.22 bits per heavy atom. The summed E-state index contributed by atoms with van der Waals surface area (Å²) in [6.45, 7) is 2.00. The monoisotopic (exact) mass is 239 g/mol. The topological polar surface area (TPSA) is 50.1 Å². The van der Waals surface area contributed by atoms with Gasteiger partial charge in [0.1, 0.15) is 11.6 Å². The van der Waals surface area contributed by atoms with E-state index in [2.05, 4.69) is 0 Å². The predicted octanol–water partition coefficient (Wildman–Crippen LogP) is 2.94. The van der Waals surface area contributed by atoms with Crippen molar-refractivity contribution in [3.8, 4) is 6.07 Å². The number of nitrogens with zero attached hydrogens (tertiary/aromatic N) is 1. The molecule has 0 radical (unpaired) electrons. The minimum Gasteiger partial charge on any atom is -0.462 e. The zero-order valence-corrected chi connectivity index (χ0v) is 10.1. The lowest BCUT2D eigenvalue weighted by Gasteiger charge is -2.15. The molecule has 0 bridgehead atoms. The smallest absolute Gasteiger partial charge is 0.349 e. The van der Waals surface area contributed by atoms with E-state index in [-0.39, 0.29) is 12.2 Å². The molecule has 0 fully saturated rings. The van der Waals surface area contributed by atoms with Gasteiger partial charge < -0.3 is 4.74 Å². The lowest BCUT2D eigenvalue weighted by molar-refractivity contribution is -0.137. The van der Waals surface area contributed by atoms with Crippen LogP contribution in [0.5, 0.6) is 0 Å². The van der Waals surface area contributed by atoms with Crippen LogP contribution in [0.2, 0.25) is 0 Å². The van der Waals surface area contributed by atoms with Crippen LogP contribution in [0.15, 0.2) is 35.9 Å². The van der Waals surface area contributed by atoms with Gasteiger partial charge in [-0.25, -0.2) is 4.79 Å². The second-order valence-electron chi connectivity index (χ2n) is 3.88. The third kappa shape index (κ3) is 2.18. The molecule has 0 unspecified atom stereocenters. The number of esters is 1. The molecule has 0 aromatic heterocycles. The molecular formula is C15H13NO2. The fourth-order valence-corrected chi connectivity index (χ4v) is 2.01. The van der Waals surface area contributed by atoms with Gasteiger partial charge in [0, 0.05) is 0 Å². The first-order chi connectivity index (χ1) is 8.77. The Bertz CT molecular complexity index is 576. The fraction of sp³-hybridized carbons (Fsp3) is 0.200. The van der Waals surface area contributed by atoms with Crippen molar-refractivity contribution >= 4 is 17.6 Å². The molecule has 3 heteroatoms. The Hall–Kier alpha value is -2.34. The van der Waals surface area contributed by atoms with E-state index >= 15 is 0 Å². The van der Waals surface area contributed by atoms with E-state index in [1.807, 2.05) is 42.5 Å². The second-order valence-corrected chi connectivity index (χ2v) is 3.88. The molecule has 90 valence electrons. The molecule has 0 saturated carbocycles. The summed E-state index contributed by atoms with van der Waals surface area (Å²) < 4.78 is 4.92. The molecule has 1 aromatic carbocycles. The number of ether oxygens (including phenoxy) is 1. The Morgan fingerprint density at radius 1 is 1.44 bits per heavy atom. The summed E-state index contributed by atoms with van der Waals surface area (Å²) in [4.78, 5) is 11.8. The normalized spacial score (nSPS) is 15.6. The lowest BCUT2D eigenvalue weighted by atomic mass is 9.89. The summed E-state index contributed by atoms with van der Waals surface area (Å²) in [5.74, 6) is -0.542. The highest BCUT2D eigenvalue weighted by molar-refractivity contribution is 6.03. The number of benzene rings is 1. The van der Waals surface area contributed by atoms with Crippen molar-refractivity contribution in [3.63, 3.8) is 0 Å². The number of hydrogen-bond donors (Lipinski definition) is 0. The van der Waals surface area contributed by atoms with Crippen LogP contribution in [0, 0.1) is 11.3 Å². The Morgan fingerprint density at radius 3 is 2.94 bits per heavy atom. The van der Waals surface area contributed by atoms with Crippen molar-refractivity contribution in [1.29, 1.82) is 5.26 Å². The molecule has 1 aliphatic rings. The molecule has 0 heterocycles. The summed E-state index contributed by atoms with van der Waals surface area (Å²) in [7, 11) is 0. The van der Waals surface area contributed by atoms with E-state index in [4.69, 9.17) is 10.00 Å². The maximum Gasteiger partial charge on any atom is 0.349 e. The third-order valence-corrected chi connectivity index (χ3v) is 2.80. The molecular weight excluding hydrogens is 226 g/mol. The van der Waals surface area contributed by atoms with Gasteiger partial charge in [0.15, 0.2) is 0 Å². The molecule has 0 spiro atoms. The molecule has 3 nitrogen and oxygen atoms in total. The van der Waals surface area contributed by atoms with Crippen molar-refractivity contribution in [3.05, 3.63) is 47.0 Å². The number of carbonyl (C=O) groups excluding carboxylic acids is 1. The molecule has 0 saturated heterocycles. The van der Waals surface area contributed by atoms with Crippen LogP contribution >= 0.6 is 0 Å². The first kappa shape index (κ1) is 12.1. The van der Waals surface area contributed by atoms with Crippen LogP contribution in [0.3, 0.4) is 0 Å². The van der Waals surface area contributed by atoms with Gasteiger partial charge in [0.05, 0.1) is 6.61 Å². The van der Waals surface area contributed by atoms with Crippen molar-refractivity contribution in [2.24, 2.45) is 0 Å². The molecule has 0 atom stereocenters. The highest BCUT2D eigenvalue weighted by Gasteiger charge is 2.20. The molecule has 0 aliphatic heterocycles. The molecule has 1 aromatic rings. The molecule has 0 N–H and O–H groups in total. The summed E-state index contributed by atoms with van der Waals surface area (Å²) in [5.41, 5.74) is 2.81. The zero-order chi connectivity index (χ0) is 13.0. The summed E-state index contributed by atoms with van der Waals surface area (Å²) in [6.07, 6.45) is 4.53. The van der Waals surface area contributed by atoms with Crippen LogP contribution in [0.4, 0.5) is 0 Å². The maximum atomic E-state index is 11.8. The summed E-state index contributed by atoms with van der Waals surface area (Å²) in [6, 6.07) is 9.69. The SMILES string of the molecule is CCOC(=O)C(C#N)=C1CC=Cc2ccccc21. The van der Waals surface area contributed by atoms with Crippen LogP contribution < -0.4 is 0 Å². The minimum absolute atomic E-state index is 0.105. The molecule has 1 aliphatic carbocycles. The van der Waals surface area contributed by atoms with Gasteiger partial charge in [-0.2, -0.15) is 5.26 Å². The van der Waals surface area contributed by atoms with Gasteiger partial charge in [0.25, 0.3) is 0 Å². The average molecular weight is 239 g/mol. The zero-order valence-electron chi connectivity index (χ0n) is 10.1. The highest BCUT2D eigenvalue weighted by Crippen LogP contribution is 2.31. The number of fused-ring (bicyclic) bond motifs is 1. The number of nitriles is 1. The third-order valence-electron chi connectivity index (χ3n) is 2.80. The van der Waals surface area contributed by atoms with Crippen molar-refractivity contribution in [1.82, 2.24) is 0 Å². The van der Waals surface area contributed by atoms with Gasteiger partial charge >= 0.3 is 5.97 Å². The van der Waals surface area contributed by atoms with E-state index in [1.54, 1.807) is 6.92 Å². The van der Waals surface area contributed by atoms with Crippen LogP contribution in [0.1, 0.15) is 24.5 Å². The maximum absolute atomic E-state index is 11.8. The highest BCUT2D eigenvalue weighted by atomic mass is 16.5. The van der Waals surface area contributed by atoms with E-state index in [9.17, 15) is 4.79 Å². The van der Waals surface area contributed by atoms with Gasteiger partial charge in [0.2, 0.25) is 0 Å². The Kier molecular flexibility index (Phi) is 3.59. The van der Waals surface area contributed by atoms with Crippen molar-refractivity contribution in [2.75, 3.05) is 6.61 Å². The lowest BCUT2D eigenvalue weighted by Crippen LogP contribution is -2.10. The number of hydrogen-bond acceptors (Lipinski definition) is 3. The van der Waals surface area contributed by atoms with Crippen LogP contribution in [0.25, 0.3) is 11.6 Å². The fourth-order valence-electron chi connectivity index (χ4n) is 2.01. The Labute approximate surface area is 106 Å². The van der Waals surface area contributed by atoms with Gasteiger partial charge in [-0.05, 0) is 30.0 Å². The van der Waals surface area contributed by atoms with Crippen LogP contribution in [-0.2, 0) is 9.53 Å². The standard InChI is InChI=1S/C15H13NO2/c1-2-18-15(17)14(10-16)13-9-5-7-11-6-3-4-8-12(11)13/h3-8H,2,9H2,1H3. The molecule has 2 rings (SSSR count). The van der Waals surface area contributed by atoms with E-state index in [1.165, 1.54) is 0 Å². The number of carbonyl (C=O) groups is 1. The largest absolute Gasteiger partial charge is 0.462 e. The first-order valence-electron chi connectivity index (χ1n) is 5.84. The second kappa shape index (κ2) is 5.33. The van der Waals surface area contributed by atoms with Crippen molar-refractivity contribution in [2.45, 2.75) is 13.3 Å². The number of allylic oxidation sites excluding steroid dienone is 2. The van der Waals surface area contributed by atoms with Crippen LogP contribution in [-0.4, -0.2) is 12.6 Å². The van der Waals surface area contributed by atoms with E-state index in [0.29, 0.717) is 6.42 Å². The van der Waals surface area contributed by atoms with Crippen molar-refractivity contribution < 1.29 is 9.53 Å². The molecule has 18 heavy (non-hydrogen) atoms. The summed E-state index contributed by atoms with van der Waals surface area (Å²) in [5, 5.41) is 9.17. The van der Waals surface area contributed by atoms with Gasteiger partial charge in [-0.1, -0.05) is 36.4 Å². The van der Waals surface area contributed by atoms with E-state index < -0.39 is 5.97 Å². The molecule has 0 amide bonds.